The van der Waals surface area contributed by atoms with E-state index in [1.54, 1.807) is 31.6 Å². The first kappa shape index (κ1) is 14.7. The molecule has 3 aromatic heterocycles. The summed E-state index contributed by atoms with van der Waals surface area (Å²) in [5.41, 5.74) is 2.83. The number of rotatable bonds is 2. The highest BCUT2D eigenvalue weighted by Gasteiger charge is 2.17. The summed E-state index contributed by atoms with van der Waals surface area (Å²) >= 11 is 1.44. The van der Waals surface area contributed by atoms with E-state index in [1.807, 2.05) is 17.5 Å². The van der Waals surface area contributed by atoms with E-state index in [0.29, 0.717) is 10.9 Å². The number of pyridine rings is 1. The van der Waals surface area contributed by atoms with Crippen molar-refractivity contribution >= 4 is 21.4 Å². The number of aromatic nitrogens is 3. The number of thiophene rings is 1. The van der Waals surface area contributed by atoms with Gasteiger partial charge in [-0.15, -0.1) is 11.3 Å². The minimum Gasteiger partial charge on any atom is -0.267 e. The Kier molecular flexibility index (Phi) is 3.46. The fourth-order valence-corrected chi connectivity index (χ4v) is 3.79. The summed E-state index contributed by atoms with van der Waals surface area (Å²) in [6.45, 7) is 0. The summed E-state index contributed by atoms with van der Waals surface area (Å²) in [5, 5.41) is 6.86. The lowest BCUT2D eigenvalue weighted by Crippen LogP contribution is -2.20. The van der Waals surface area contributed by atoms with E-state index in [0.717, 1.165) is 21.5 Å². The second-order valence-corrected chi connectivity index (χ2v) is 6.26. The zero-order chi connectivity index (χ0) is 16.7. The molecule has 0 spiro atoms. The minimum absolute atomic E-state index is 0.191. The van der Waals surface area contributed by atoms with Gasteiger partial charge in [-0.25, -0.2) is 9.07 Å². The molecule has 24 heavy (non-hydrogen) atoms. The van der Waals surface area contributed by atoms with Gasteiger partial charge in [0.1, 0.15) is 11.5 Å². The van der Waals surface area contributed by atoms with Crippen LogP contribution in [-0.2, 0) is 7.05 Å². The zero-order valence-electron chi connectivity index (χ0n) is 12.7. The fraction of sp³-hybridized carbons (Fsp3) is 0.0556. The number of aryl methyl sites for hydroxylation is 1. The summed E-state index contributed by atoms with van der Waals surface area (Å²) < 4.78 is 15.7. The Labute approximate surface area is 140 Å². The first-order valence-electron chi connectivity index (χ1n) is 7.30. The van der Waals surface area contributed by atoms with Gasteiger partial charge in [-0.2, -0.15) is 5.10 Å². The number of nitrogens with zero attached hydrogens (tertiary/aromatic N) is 3. The molecule has 6 heteroatoms. The molecule has 0 unspecified atom stereocenters. The van der Waals surface area contributed by atoms with Gasteiger partial charge < -0.3 is 0 Å². The molecule has 0 fully saturated rings. The van der Waals surface area contributed by atoms with Crippen molar-refractivity contribution in [1.29, 1.82) is 0 Å². The molecule has 0 amide bonds. The van der Waals surface area contributed by atoms with Gasteiger partial charge in [-0.3, -0.25) is 9.78 Å². The monoisotopic (exact) mass is 337 g/mol. The van der Waals surface area contributed by atoms with Crippen LogP contribution in [0.4, 0.5) is 4.39 Å². The fourth-order valence-electron chi connectivity index (χ4n) is 2.71. The standard InChI is InChI=1S/C18H12FN3OS/c1-22-18(23)15-14(12-3-2-4-13(19)9-12)10-24-17(15)16(21-22)11-5-7-20-8-6-11/h2-10H,1H3. The van der Waals surface area contributed by atoms with Crippen molar-refractivity contribution in [1.82, 2.24) is 14.8 Å². The molecule has 118 valence electrons. The van der Waals surface area contributed by atoms with Crippen molar-refractivity contribution in [2.24, 2.45) is 7.05 Å². The van der Waals surface area contributed by atoms with Crippen LogP contribution in [0, 0.1) is 5.82 Å². The Hall–Kier alpha value is -2.86. The summed E-state index contributed by atoms with van der Waals surface area (Å²) in [5.74, 6) is -0.327. The van der Waals surface area contributed by atoms with E-state index in [4.69, 9.17) is 0 Å². The number of hydrogen-bond donors (Lipinski definition) is 0. The quantitative estimate of drug-likeness (QED) is 0.558. The number of halogens is 1. The second-order valence-electron chi connectivity index (χ2n) is 5.38. The predicted molar refractivity (Wildman–Crippen MR) is 93.5 cm³/mol. The summed E-state index contributed by atoms with van der Waals surface area (Å²) in [6.07, 6.45) is 3.38. The molecule has 4 aromatic rings. The molecule has 0 N–H and O–H groups in total. The highest BCUT2D eigenvalue weighted by molar-refractivity contribution is 7.18. The van der Waals surface area contributed by atoms with Crippen LogP contribution in [0.3, 0.4) is 0 Å². The van der Waals surface area contributed by atoms with Crippen molar-refractivity contribution in [2.45, 2.75) is 0 Å². The van der Waals surface area contributed by atoms with Crippen molar-refractivity contribution < 1.29 is 4.39 Å². The average Bonchev–Trinajstić information content (AvgIpc) is 3.04. The number of fused-ring (bicyclic) bond motifs is 1. The third-order valence-electron chi connectivity index (χ3n) is 3.85. The van der Waals surface area contributed by atoms with Crippen LogP contribution in [0.2, 0.25) is 0 Å². The minimum atomic E-state index is -0.327. The summed E-state index contributed by atoms with van der Waals surface area (Å²) in [4.78, 5) is 16.7. The third kappa shape index (κ3) is 2.32. The molecule has 0 aliphatic carbocycles. The molecule has 0 radical (unpaired) electrons. The normalized spacial score (nSPS) is 11.1. The van der Waals surface area contributed by atoms with Gasteiger partial charge in [0, 0.05) is 35.9 Å². The number of benzene rings is 1. The molecule has 0 atom stereocenters. The van der Waals surface area contributed by atoms with Crippen molar-refractivity contribution in [2.75, 3.05) is 0 Å². The van der Waals surface area contributed by atoms with Crippen LogP contribution in [0.25, 0.3) is 32.5 Å². The Morgan fingerprint density at radius 1 is 1.12 bits per heavy atom. The lowest BCUT2D eigenvalue weighted by molar-refractivity contribution is 0.628. The molecule has 4 rings (SSSR count). The van der Waals surface area contributed by atoms with Gasteiger partial charge in [0.2, 0.25) is 0 Å². The Morgan fingerprint density at radius 2 is 1.92 bits per heavy atom. The average molecular weight is 337 g/mol. The maximum atomic E-state index is 13.6. The highest BCUT2D eigenvalue weighted by Crippen LogP contribution is 2.36. The second kappa shape index (κ2) is 5.65. The van der Waals surface area contributed by atoms with E-state index in [-0.39, 0.29) is 11.4 Å². The maximum absolute atomic E-state index is 13.6. The molecule has 1 aromatic carbocycles. The predicted octanol–water partition coefficient (Wildman–Crippen LogP) is 3.86. The van der Waals surface area contributed by atoms with E-state index in [2.05, 4.69) is 10.1 Å². The molecule has 0 bridgehead atoms. The molecular formula is C18H12FN3OS. The van der Waals surface area contributed by atoms with E-state index >= 15 is 0 Å². The van der Waals surface area contributed by atoms with Gasteiger partial charge >= 0.3 is 0 Å². The maximum Gasteiger partial charge on any atom is 0.275 e. The molecule has 4 nitrogen and oxygen atoms in total. The smallest absolute Gasteiger partial charge is 0.267 e. The topological polar surface area (TPSA) is 47.8 Å². The van der Waals surface area contributed by atoms with Crippen LogP contribution < -0.4 is 5.56 Å². The molecule has 0 saturated carbocycles. The molecule has 0 aliphatic heterocycles. The molecule has 0 saturated heterocycles. The van der Waals surface area contributed by atoms with Gasteiger partial charge in [0.25, 0.3) is 5.56 Å². The van der Waals surface area contributed by atoms with E-state index in [9.17, 15) is 9.18 Å². The highest BCUT2D eigenvalue weighted by atomic mass is 32.1. The van der Waals surface area contributed by atoms with Crippen LogP contribution in [0.1, 0.15) is 0 Å². The summed E-state index contributed by atoms with van der Waals surface area (Å²) in [6, 6.07) is 9.98. The first-order valence-corrected chi connectivity index (χ1v) is 8.18. The zero-order valence-corrected chi connectivity index (χ0v) is 13.5. The van der Waals surface area contributed by atoms with Crippen molar-refractivity contribution in [3.8, 4) is 22.4 Å². The first-order chi connectivity index (χ1) is 11.6. The van der Waals surface area contributed by atoms with Gasteiger partial charge in [-0.1, -0.05) is 12.1 Å². The lowest BCUT2D eigenvalue weighted by atomic mass is 10.0. The van der Waals surface area contributed by atoms with Crippen molar-refractivity contribution in [3.05, 3.63) is 70.3 Å². The van der Waals surface area contributed by atoms with E-state index in [1.165, 1.54) is 28.2 Å². The SMILES string of the molecule is Cn1nc(-c2ccncc2)c2scc(-c3cccc(F)c3)c2c1=O. The Morgan fingerprint density at radius 3 is 2.67 bits per heavy atom. The molecule has 0 aliphatic rings. The largest absolute Gasteiger partial charge is 0.275 e. The van der Waals surface area contributed by atoms with Crippen LogP contribution in [0.5, 0.6) is 0 Å². The molecular weight excluding hydrogens is 325 g/mol. The van der Waals surface area contributed by atoms with Gasteiger partial charge in [0.15, 0.2) is 0 Å². The Bertz CT molecular complexity index is 1100. The van der Waals surface area contributed by atoms with Crippen molar-refractivity contribution in [3.63, 3.8) is 0 Å². The third-order valence-corrected chi connectivity index (χ3v) is 4.84. The summed E-state index contributed by atoms with van der Waals surface area (Å²) in [7, 11) is 1.62. The number of hydrogen-bond acceptors (Lipinski definition) is 4. The Balaban J connectivity index is 2.07. The molecule has 3 heterocycles. The van der Waals surface area contributed by atoms with Gasteiger partial charge in [-0.05, 0) is 29.8 Å². The van der Waals surface area contributed by atoms with Crippen LogP contribution in [0.15, 0.2) is 59.0 Å². The van der Waals surface area contributed by atoms with Gasteiger partial charge in [0.05, 0.1) is 10.1 Å². The van der Waals surface area contributed by atoms with Crippen LogP contribution in [-0.4, -0.2) is 14.8 Å². The lowest BCUT2D eigenvalue weighted by Gasteiger charge is -2.06. The van der Waals surface area contributed by atoms with E-state index < -0.39 is 0 Å². The van der Waals surface area contributed by atoms with Crippen LogP contribution >= 0.6 is 11.3 Å².